The number of phenols is 1. The van der Waals surface area contributed by atoms with Crippen molar-refractivity contribution >= 4 is 5.71 Å². The third-order valence-electron chi connectivity index (χ3n) is 4.46. The molecule has 0 aliphatic rings. The van der Waals surface area contributed by atoms with Crippen molar-refractivity contribution < 1.29 is 5.11 Å². The molecule has 1 heterocycles. The predicted molar refractivity (Wildman–Crippen MR) is 116 cm³/mol. The average Bonchev–Trinajstić information content (AvgIpc) is 2.79. The van der Waals surface area contributed by atoms with E-state index in [9.17, 15) is 5.11 Å². The second-order valence-electron chi connectivity index (χ2n) is 6.40. The highest BCUT2D eigenvalue weighted by molar-refractivity contribution is 6.12. The van der Waals surface area contributed by atoms with E-state index in [0.717, 1.165) is 22.5 Å². The van der Waals surface area contributed by atoms with Crippen molar-refractivity contribution in [3.05, 3.63) is 102 Å². The van der Waals surface area contributed by atoms with Crippen molar-refractivity contribution in [2.75, 3.05) is 7.05 Å². The quantitative estimate of drug-likeness (QED) is 0.395. The summed E-state index contributed by atoms with van der Waals surface area (Å²) in [5.41, 5.74) is 7.37. The van der Waals surface area contributed by atoms with Gasteiger partial charge in [0.25, 0.3) is 0 Å². The molecule has 0 aliphatic heterocycles. The van der Waals surface area contributed by atoms with Crippen LogP contribution < -0.4 is 5.43 Å². The minimum atomic E-state index is 0.122. The molecule has 2 N–H and O–H groups in total. The van der Waals surface area contributed by atoms with E-state index < -0.39 is 0 Å². The fourth-order valence-electron chi connectivity index (χ4n) is 3.08. The van der Waals surface area contributed by atoms with Gasteiger partial charge in [-0.1, -0.05) is 72.8 Å². The zero-order valence-corrected chi connectivity index (χ0v) is 15.9. The first-order valence-electron chi connectivity index (χ1n) is 9.29. The topological polar surface area (TPSA) is 70.4 Å². The lowest BCUT2D eigenvalue weighted by atomic mass is 10.1. The maximum Gasteiger partial charge on any atom is 0.181 e. The Balaban J connectivity index is 1.94. The van der Waals surface area contributed by atoms with Crippen LogP contribution in [0.1, 0.15) is 11.4 Å². The van der Waals surface area contributed by atoms with Crippen LogP contribution in [0.15, 0.2) is 96.1 Å². The van der Waals surface area contributed by atoms with Crippen molar-refractivity contribution in [2.45, 2.75) is 0 Å². The summed E-state index contributed by atoms with van der Waals surface area (Å²) in [4.78, 5) is 9.55. The minimum Gasteiger partial charge on any atom is -0.507 e. The highest BCUT2D eigenvalue weighted by Crippen LogP contribution is 2.26. The lowest BCUT2D eigenvalue weighted by Crippen LogP contribution is -2.14. The Kier molecular flexibility index (Phi) is 5.29. The van der Waals surface area contributed by atoms with Crippen molar-refractivity contribution in [3.8, 4) is 28.3 Å². The molecule has 4 aromatic rings. The molecule has 0 saturated carbocycles. The summed E-state index contributed by atoms with van der Waals surface area (Å²) in [5, 5.41) is 14.8. The predicted octanol–water partition coefficient (Wildman–Crippen LogP) is 4.49. The molecular formula is C24H20N4O. The van der Waals surface area contributed by atoms with Crippen molar-refractivity contribution in [3.63, 3.8) is 0 Å². The number of hydrazone groups is 1. The number of rotatable bonds is 5. The average molecular weight is 380 g/mol. The molecule has 0 fully saturated rings. The van der Waals surface area contributed by atoms with Crippen molar-refractivity contribution in [2.24, 2.45) is 5.10 Å². The van der Waals surface area contributed by atoms with Gasteiger partial charge in [0.2, 0.25) is 0 Å². The molecule has 0 unspecified atom stereocenters. The first-order valence-corrected chi connectivity index (χ1v) is 9.29. The highest BCUT2D eigenvalue weighted by atomic mass is 16.3. The SMILES string of the molecule is CN/N=C(/c1nc(-c2ccccc2)cc(-c2ccccc2)n1)c1ccccc1O. The number of nitrogens with zero attached hydrogens (tertiary/aromatic N) is 3. The van der Waals surface area contributed by atoms with Gasteiger partial charge in [0.1, 0.15) is 11.5 Å². The molecule has 0 aliphatic carbocycles. The van der Waals surface area contributed by atoms with Gasteiger partial charge in [0.15, 0.2) is 5.82 Å². The Hall–Kier alpha value is -3.99. The molecule has 3 aromatic carbocycles. The molecule has 0 spiro atoms. The Morgan fingerprint density at radius 3 is 1.79 bits per heavy atom. The normalized spacial score (nSPS) is 11.3. The number of phenolic OH excluding ortho intramolecular Hbond substituents is 1. The van der Waals surface area contributed by atoms with Gasteiger partial charge in [-0.05, 0) is 18.2 Å². The van der Waals surface area contributed by atoms with Gasteiger partial charge in [-0.2, -0.15) is 5.10 Å². The fourth-order valence-corrected chi connectivity index (χ4v) is 3.08. The molecule has 0 saturated heterocycles. The molecule has 5 heteroatoms. The maximum absolute atomic E-state index is 10.4. The van der Waals surface area contributed by atoms with Crippen LogP contribution >= 0.6 is 0 Å². The van der Waals surface area contributed by atoms with Gasteiger partial charge in [-0.3, -0.25) is 0 Å². The second kappa shape index (κ2) is 8.35. The number of nitrogens with one attached hydrogen (secondary N) is 1. The number of aromatic hydroxyl groups is 1. The van der Waals surface area contributed by atoms with Crippen LogP contribution in [0.3, 0.4) is 0 Å². The van der Waals surface area contributed by atoms with E-state index in [-0.39, 0.29) is 5.75 Å². The first kappa shape index (κ1) is 18.4. The lowest BCUT2D eigenvalue weighted by Gasteiger charge is -2.12. The van der Waals surface area contributed by atoms with E-state index in [1.54, 1.807) is 25.2 Å². The van der Waals surface area contributed by atoms with Crippen molar-refractivity contribution in [1.29, 1.82) is 0 Å². The van der Waals surface area contributed by atoms with Crippen LogP contribution in [-0.4, -0.2) is 27.8 Å². The summed E-state index contributed by atoms with van der Waals surface area (Å²) in [7, 11) is 1.71. The number of aromatic nitrogens is 2. The molecule has 0 amide bonds. The molecule has 1 aromatic heterocycles. The monoisotopic (exact) mass is 380 g/mol. The molecule has 4 rings (SSSR count). The third-order valence-corrected chi connectivity index (χ3v) is 4.46. The molecule has 29 heavy (non-hydrogen) atoms. The van der Waals surface area contributed by atoms with E-state index in [1.165, 1.54) is 0 Å². The summed E-state index contributed by atoms with van der Waals surface area (Å²) in [5.74, 6) is 0.553. The van der Waals surface area contributed by atoms with Crippen LogP contribution in [-0.2, 0) is 0 Å². The van der Waals surface area contributed by atoms with Gasteiger partial charge in [0, 0.05) is 23.7 Å². The summed E-state index contributed by atoms with van der Waals surface area (Å²) < 4.78 is 0. The maximum atomic E-state index is 10.4. The zero-order valence-electron chi connectivity index (χ0n) is 15.9. The lowest BCUT2D eigenvalue weighted by molar-refractivity contribution is 0.474. The Morgan fingerprint density at radius 1 is 0.759 bits per heavy atom. The van der Waals surface area contributed by atoms with Gasteiger partial charge >= 0.3 is 0 Å². The third kappa shape index (κ3) is 3.99. The molecule has 142 valence electrons. The Labute approximate surface area is 169 Å². The van der Waals surface area contributed by atoms with Crippen LogP contribution in [0.5, 0.6) is 5.75 Å². The Bertz CT molecular complexity index is 1080. The molecule has 0 radical (unpaired) electrons. The van der Waals surface area contributed by atoms with Crippen LogP contribution in [0.4, 0.5) is 0 Å². The van der Waals surface area contributed by atoms with Gasteiger partial charge in [-0.25, -0.2) is 9.97 Å². The molecular weight excluding hydrogens is 360 g/mol. The number of para-hydroxylation sites is 1. The number of benzene rings is 3. The van der Waals surface area contributed by atoms with Gasteiger partial charge in [-0.15, -0.1) is 0 Å². The second-order valence-corrected chi connectivity index (χ2v) is 6.40. The van der Waals surface area contributed by atoms with E-state index >= 15 is 0 Å². The van der Waals surface area contributed by atoms with E-state index in [4.69, 9.17) is 9.97 Å². The molecule has 0 bridgehead atoms. The van der Waals surface area contributed by atoms with Crippen molar-refractivity contribution in [1.82, 2.24) is 15.4 Å². The number of hydrogen-bond acceptors (Lipinski definition) is 5. The summed E-state index contributed by atoms with van der Waals surface area (Å²) >= 11 is 0. The smallest absolute Gasteiger partial charge is 0.181 e. The fraction of sp³-hybridized carbons (Fsp3) is 0.0417. The summed E-state index contributed by atoms with van der Waals surface area (Å²) in [6.07, 6.45) is 0. The van der Waals surface area contributed by atoms with Crippen LogP contribution in [0.25, 0.3) is 22.5 Å². The van der Waals surface area contributed by atoms with E-state index in [1.807, 2.05) is 72.8 Å². The van der Waals surface area contributed by atoms with Crippen LogP contribution in [0.2, 0.25) is 0 Å². The standard InChI is InChI=1S/C24H20N4O/c1-25-28-23(19-14-8-9-15-22(19)29)24-26-20(17-10-4-2-5-11-17)16-21(27-24)18-12-6-3-7-13-18/h2-16,25,29H,1H3/b28-23+. The van der Waals surface area contributed by atoms with Gasteiger partial charge in [0.05, 0.1) is 11.4 Å². The highest BCUT2D eigenvalue weighted by Gasteiger charge is 2.17. The van der Waals surface area contributed by atoms with E-state index in [0.29, 0.717) is 17.1 Å². The zero-order chi connectivity index (χ0) is 20.1. The van der Waals surface area contributed by atoms with Crippen LogP contribution in [0, 0.1) is 0 Å². The summed E-state index contributed by atoms with van der Waals surface area (Å²) in [6, 6.07) is 28.9. The summed E-state index contributed by atoms with van der Waals surface area (Å²) in [6.45, 7) is 0. The molecule has 5 nitrogen and oxygen atoms in total. The largest absolute Gasteiger partial charge is 0.507 e. The van der Waals surface area contributed by atoms with E-state index in [2.05, 4.69) is 10.5 Å². The minimum absolute atomic E-state index is 0.122. The van der Waals surface area contributed by atoms with Gasteiger partial charge < -0.3 is 10.5 Å². The Morgan fingerprint density at radius 2 is 1.28 bits per heavy atom. The number of hydrogen-bond donors (Lipinski definition) is 2. The first-order chi connectivity index (χ1) is 14.3. The molecule has 0 atom stereocenters.